The number of rotatable bonds is 6. The lowest BCUT2D eigenvalue weighted by Crippen LogP contribution is -2.25. The summed E-state index contributed by atoms with van der Waals surface area (Å²) in [6, 6.07) is 17.7. The molecule has 2 aromatic rings. The first-order valence-corrected chi connectivity index (χ1v) is 6.81. The maximum Gasteiger partial charge on any atom is 0.123 e. The molecule has 0 bridgehead atoms. The Labute approximate surface area is 120 Å². The van der Waals surface area contributed by atoms with Gasteiger partial charge in [0, 0.05) is 18.2 Å². The van der Waals surface area contributed by atoms with Crippen LogP contribution >= 0.6 is 0 Å². The second-order valence-corrected chi connectivity index (χ2v) is 4.80. The van der Waals surface area contributed by atoms with Crippen LogP contribution in [0.5, 0.6) is 5.75 Å². The molecule has 0 saturated heterocycles. The Balaban J connectivity index is 1.97. The van der Waals surface area contributed by atoms with Crippen LogP contribution in [0.3, 0.4) is 0 Å². The largest absolute Gasteiger partial charge is 0.496 e. The van der Waals surface area contributed by atoms with Crippen LogP contribution in [0, 0.1) is 0 Å². The van der Waals surface area contributed by atoms with Gasteiger partial charge in [0.15, 0.2) is 0 Å². The molecular formula is C17H21NO2. The summed E-state index contributed by atoms with van der Waals surface area (Å²) in [5.74, 6) is 0.863. The summed E-state index contributed by atoms with van der Waals surface area (Å²) in [7, 11) is 1.67. The molecule has 3 heteroatoms. The van der Waals surface area contributed by atoms with Gasteiger partial charge in [-0.15, -0.1) is 0 Å². The normalized spacial score (nSPS) is 13.8. The van der Waals surface area contributed by atoms with E-state index in [2.05, 4.69) is 12.2 Å². The topological polar surface area (TPSA) is 41.5 Å². The molecule has 0 aromatic heterocycles. The minimum Gasteiger partial charge on any atom is -0.496 e. The van der Waals surface area contributed by atoms with E-state index >= 15 is 0 Å². The first kappa shape index (κ1) is 14.6. The minimum atomic E-state index is -0.506. The zero-order chi connectivity index (χ0) is 14.4. The smallest absolute Gasteiger partial charge is 0.123 e. The molecule has 2 atom stereocenters. The van der Waals surface area contributed by atoms with E-state index in [0.29, 0.717) is 6.54 Å². The van der Waals surface area contributed by atoms with Crippen molar-refractivity contribution in [1.82, 2.24) is 5.32 Å². The maximum absolute atomic E-state index is 10.1. The molecular weight excluding hydrogens is 250 g/mol. The fourth-order valence-corrected chi connectivity index (χ4v) is 2.22. The highest BCUT2D eigenvalue weighted by molar-refractivity contribution is 5.35. The Kier molecular flexibility index (Phi) is 5.16. The monoisotopic (exact) mass is 271 g/mol. The average molecular weight is 271 g/mol. The van der Waals surface area contributed by atoms with Gasteiger partial charge in [0.05, 0.1) is 13.2 Å². The Morgan fingerprint density at radius 3 is 2.40 bits per heavy atom. The molecule has 0 aliphatic heterocycles. The molecule has 0 aliphatic carbocycles. The van der Waals surface area contributed by atoms with Crippen molar-refractivity contribution in [2.45, 2.75) is 19.1 Å². The summed E-state index contributed by atoms with van der Waals surface area (Å²) < 4.78 is 5.36. The maximum atomic E-state index is 10.1. The standard InChI is InChI=1S/C17H21NO2/c1-13(15-10-6-7-11-17(15)20-2)18-12-16(19)14-8-4-3-5-9-14/h3-11,13,16,18-19H,12H2,1-2H3/t13-,16+/m0/s1. The number of nitrogens with one attached hydrogen (secondary N) is 1. The molecule has 106 valence electrons. The van der Waals surface area contributed by atoms with Crippen molar-refractivity contribution in [3.05, 3.63) is 65.7 Å². The summed E-state index contributed by atoms with van der Waals surface area (Å²) in [5.41, 5.74) is 2.02. The molecule has 0 unspecified atom stereocenters. The average Bonchev–Trinajstić information content (AvgIpc) is 2.53. The van der Waals surface area contributed by atoms with Crippen LogP contribution in [0.15, 0.2) is 54.6 Å². The second-order valence-electron chi connectivity index (χ2n) is 4.80. The van der Waals surface area contributed by atoms with Gasteiger partial charge < -0.3 is 15.2 Å². The third-order valence-corrected chi connectivity index (χ3v) is 3.41. The summed E-state index contributed by atoms with van der Waals surface area (Å²) in [4.78, 5) is 0. The van der Waals surface area contributed by atoms with Crippen LogP contribution < -0.4 is 10.1 Å². The van der Waals surface area contributed by atoms with Gasteiger partial charge >= 0.3 is 0 Å². The molecule has 3 nitrogen and oxygen atoms in total. The van der Waals surface area contributed by atoms with Gasteiger partial charge in [-0.3, -0.25) is 0 Å². The highest BCUT2D eigenvalue weighted by Gasteiger charge is 2.13. The quantitative estimate of drug-likeness (QED) is 0.848. The minimum absolute atomic E-state index is 0.115. The Hall–Kier alpha value is -1.84. The number of aliphatic hydroxyl groups excluding tert-OH is 1. The first-order chi connectivity index (χ1) is 9.72. The molecule has 2 aromatic carbocycles. The fraction of sp³-hybridized carbons (Fsp3) is 0.294. The summed E-state index contributed by atoms with van der Waals surface area (Å²) in [5, 5.41) is 13.5. The highest BCUT2D eigenvalue weighted by Crippen LogP contribution is 2.24. The first-order valence-electron chi connectivity index (χ1n) is 6.81. The van der Waals surface area contributed by atoms with Gasteiger partial charge in [0.25, 0.3) is 0 Å². The fourth-order valence-electron chi connectivity index (χ4n) is 2.22. The Morgan fingerprint density at radius 1 is 1.05 bits per heavy atom. The van der Waals surface area contributed by atoms with Gasteiger partial charge in [-0.25, -0.2) is 0 Å². The lowest BCUT2D eigenvalue weighted by molar-refractivity contribution is 0.170. The SMILES string of the molecule is COc1ccccc1[C@H](C)NC[C@@H](O)c1ccccc1. The number of benzene rings is 2. The predicted molar refractivity (Wildman–Crippen MR) is 80.8 cm³/mol. The number of ether oxygens (including phenoxy) is 1. The zero-order valence-corrected chi connectivity index (χ0v) is 11.9. The van der Waals surface area contributed by atoms with E-state index in [1.165, 1.54) is 0 Å². The van der Waals surface area contributed by atoms with Crippen molar-refractivity contribution in [2.24, 2.45) is 0 Å². The van der Waals surface area contributed by atoms with Crippen LogP contribution in [0.25, 0.3) is 0 Å². The molecule has 0 radical (unpaired) electrons. The predicted octanol–water partition coefficient (Wildman–Crippen LogP) is 3.08. The number of para-hydroxylation sites is 1. The summed E-state index contributed by atoms with van der Waals surface area (Å²) in [6.07, 6.45) is -0.506. The number of hydrogen-bond acceptors (Lipinski definition) is 3. The van der Waals surface area contributed by atoms with Gasteiger partial charge in [0.1, 0.15) is 5.75 Å². The van der Waals surface area contributed by atoms with Crippen LogP contribution in [0.4, 0.5) is 0 Å². The molecule has 2 rings (SSSR count). The van der Waals surface area contributed by atoms with Crippen molar-refractivity contribution in [2.75, 3.05) is 13.7 Å². The molecule has 0 fully saturated rings. The molecule has 0 heterocycles. The van der Waals surface area contributed by atoms with Crippen molar-refractivity contribution in [1.29, 1.82) is 0 Å². The summed E-state index contributed by atoms with van der Waals surface area (Å²) in [6.45, 7) is 2.57. The Bertz CT molecular complexity index is 528. The molecule has 0 spiro atoms. The lowest BCUT2D eigenvalue weighted by atomic mass is 10.1. The number of aliphatic hydroxyl groups is 1. The van der Waals surface area contributed by atoms with E-state index in [1.54, 1.807) is 7.11 Å². The lowest BCUT2D eigenvalue weighted by Gasteiger charge is -2.19. The molecule has 0 saturated carbocycles. The van der Waals surface area contributed by atoms with Crippen molar-refractivity contribution in [3.63, 3.8) is 0 Å². The zero-order valence-electron chi connectivity index (χ0n) is 11.9. The van der Waals surface area contributed by atoms with E-state index in [4.69, 9.17) is 4.74 Å². The van der Waals surface area contributed by atoms with Gasteiger partial charge in [-0.05, 0) is 18.6 Å². The highest BCUT2D eigenvalue weighted by atomic mass is 16.5. The summed E-state index contributed by atoms with van der Waals surface area (Å²) >= 11 is 0. The molecule has 2 N–H and O–H groups in total. The van der Waals surface area contributed by atoms with Crippen LogP contribution in [-0.4, -0.2) is 18.8 Å². The van der Waals surface area contributed by atoms with E-state index in [0.717, 1.165) is 16.9 Å². The van der Waals surface area contributed by atoms with Gasteiger partial charge in [-0.2, -0.15) is 0 Å². The second kappa shape index (κ2) is 7.08. The van der Waals surface area contributed by atoms with E-state index in [9.17, 15) is 5.11 Å². The molecule has 0 amide bonds. The van der Waals surface area contributed by atoms with E-state index in [1.807, 2.05) is 54.6 Å². The van der Waals surface area contributed by atoms with Gasteiger partial charge in [-0.1, -0.05) is 48.5 Å². The Morgan fingerprint density at radius 2 is 1.70 bits per heavy atom. The van der Waals surface area contributed by atoms with Gasteiger partial charge in [0.2, 0.25) is 0 Å². The third kappa shape index (κ3) is 3.59. The van der Waals surface area contributed by atoms with Crippen molar-refractivity contribution in [3.8, 4) is 5.75 Å². The van der Waals surface area contributed by atoms with Crippen LogP contribution in [0.2, 0.25) is 0 Å². The van der Waals surface area contributed by atoms with Crippen LogP contribution in [-0.2, 0) is 0 Å². The van der Waals surface area contributed by atoms with Crippen LogP contribution in [0.1, 0.15) is 30.2 Å². The number of methoxy groups -OCH3 is 1. The number of hydrogen-bond donors (Lipinski definition) is 2. The third-order valence-electron chi connectivity index (χ3n) is 3.41. The molecule has 20 heavy (non-hydrogen) atoms. The molecule has 0 aliphatic rings. The van der Waals surface area contributed by atoms with Crippen molar-refractivity contribution < 1.29 is 9.84 Å². The van der Waals surface area contributed by atoms with E-state index < -0.39 is 6.10 Å². The van der Waals surface area contributed by atoms with E-state index in [-0.39, 0.29) is 6.04 Å². The van der Waals surface area contributed by atoms with Crippen molar-refractivity contribution >= 4 is 0 Å².